The molecule has 0 atom stereocenters. The van der Waals surface area contributed by atoms with E-state index >= 15 is 0 Å². The van der Waals surface area contributed by atoms with Gasteiger partial charge in [0.2, 0.25) is 5.91 Å². The summed E-state index contributed by atoms with van der Waals surface area (Å²) < 4.78 is 0. The van der Waals surface area contributed by atoms with E-state index in [1.54, 1.807) is 11.3 Å². The van der Waals surface area contributed by atoms with E-state index < -0.39 is 0 Å². The molecule has 0 N–H and O–H groups in total. The average molecular weight is 284 g/mol. The topological polar surface area (TPSA) is 33.2 Å². The number of amides is 1. The Balaban J connectivity index is 1.61. The summed E-state index contributed by atoms with van der Waals surface area (Å²) in [7, 11) is 0. The third kappa shape index (κ3) is 4.28. The number of carbonyl (C=O) groups is 1. The van der Waals surface area contributed by atoms with Crippen molar-refractivity contribution in [1.82, 2.24) is 9.88 Å². The Hall–Kier alpha value is -0.550. The first-order valence-electron chi connectivity index (χ1n) is 6.52. The summed E-state index contributed by atoms with van der Waals surface area (Å²) >= 11 is 3.50. The lowest BCUT2D eigenvalue weighted by Gasteiger charge is -2.26. The number of thioether (sulfide) groups is 1. The Morgan fingerprint density at radius 2 is 2.22 bits per heavy atom. The van der Waals surface area contributed by atoms with Gasteiger partial charge in [0.15, 0.2) is 0 Å². The largest absolute Gasteiger partial charge is 0.343 e. The van der Waals surface area contributed by atoms with Gasteiger partial charge >= 0.3 is 0 Å². The molecule has 1 aromatic rings. The van der Waals surface area contributed by atoms with Crippen LogP contribution in [0, 0.1) is 6.92 Å². The molecule has 3 nitrogen and oxygen atoms in total. The zero-order valence-corrected chi connectivity index (χ0v) is 12.5. The van der Waals surface area contributed by atoms with E-state index in [9.17, 15) is 4.79 Å². The van der Waals surface area contributed by atoms with Crippen molar-refractivity contribution in [3.63, 3.8) is 0 Å². The number of carbonyl (C=O) groups excluding carboxylic acids is 1. The highest BCUT2D eigenvalue weighted by molar-refractivity contribution is 7.98. The van der Waals surface area contributed by atoms with Crippen molar-refractivity contribution in [3.8, 4) is 0 Å². The van der Waals surface area contributed by atoms with Gasteiger partial charge in [0.1, 0.15) is 0 Å². The number of hydrogen-bond acceptors (Lipinski definition) is 4. The summed E-state index contributed by atoms with van der Waals surface area (Å²) in [5.74, 6) is 2.17. The molecule has 0 saturated carbocycles. The first kappa shape index (κ1) is 13.9. The van der Waals surface area contributed by atoms with Crippen molar-refractivity contribution >= 4 is 29.0 Å². The van der Waals surface area contributed by atoms with E-state index in [1.807, 2.05) is 23.6 Å². The van der Waals surface area contributed by atoms with E-state index in [-0.39, 0.29) is 0 Å². The Morgan fingerprint density at radius 3 is 2.89 bits per heavy atom. The molecule has 0 aliphatic carbocycles. The molecule has 1 aliphatic rings. The van der Waals surface area contributed by atoms with Crippen LogP contribution < -0.4 is 0 Å². The van der Waals surface area contributed by atoms with Crippen LogP contribution in [-0.2, 0) is 10.5 Å². The Labute approximate surface area is 117 Å². The molecular weight excluding hydrogens is 264 g/mol. The van der Waals surface area contributed by atoms with Gasteiger partial charge in [-0.3, -0.25) is 4.79 Å². The fourth-order valence-electron chi connectivity index (χ4n) is 2.11. The zero-order chi connectivity index (χ0) is 12.8. The van der Waals surface area contributed by atoms with Crippen LogP contribution in [-0.4, -0.2) is 34.6 Å². The smallest absolute Gasteiger partial charge is 0.223 e. The lowest BCUT2D eigenvalue weighted by molar-refractivity contribution is -0.131. The highest BCUT2D eigenvalue weighted by Gasteiger charge is 2.15. The standard InChI is InChI=1S/C13H20N2OS2/c1-11-14-12(10-18-11)9-17-8-5-13(16)15-6-3-2-4-7-15/h10H,2-9H2,1H3. The second-order valence-corrected chi connectivity index (χ2v) is 6.77. The molecule has 1 saturated heterocycles. The predicted molar refractivity (Wildman–Crippen MR) is 78.1 cm³/mol. The summed E-state index contributed by atoms with van der Waals surface area (Å²) in [6.45, 7) is 3.96. The minimum atomic E-state index is 0.330. The molecule has 0 radical (unpaired) electrons. The van der Waals surface area contributed by atoms with Gasteiger partial charge in [-0.2, -0.15) is 11.8 Å². The van der Waals surface area contributed by atoms with Gasteiger partial charge in [0.25, 0.3) is 0 Å². The van der Waals surface area contributed by atoms with Crippen LogP contribution in [0.2, 0.25) is 0 Å². The van der Waals surface area contributed by atoms with Crippen LogP contribution in [0.15, 0.2) is 5.38 Å². The number of piperidine rings is 1. The minimum Gasteiger partial charge on any atom is -0.343 e. The molecule has 0 bridgehead atoms. The van der Waals surface area contributed by atoms with E-state index in [4.69, 9.17) is 0 Å². The number of thiazole rings is 1. The van der Waals surface area contributed by atoms with Gasteiger partial charge in [0, 0.05) is 36.4 Å². The van der Waals surface area contributed by atoms with Crippen molar-refractivity contribution in [3.05, 3.63) is 16.1 Å². The predicted octanol–water partition coefficient (Wildman–Crippen LogP) is 3.09. The molecule has 5 heteroatoms. The second kappa shape index (κ2) is 7.14. The Morgan fingerprint density at radius 1 is 1.44 bits per heavy atom. The lowest BCUT2D eigenvalue weighted by atomic mass is 10.1. The van der Waals surface area contributed by atoms with Crippen LogP contribution in [0.3, 0.4) is 0 Å². The summed E-state index contributed by atoms with van der Waals surface area (Å²) in [5.41, 5.74) is 1.15. The second-order valence-electron chi connectivity index (χ2n) is 4.60. The fourth-order valence-corrected chi connectivity index (χ4v) is 3.65. The number of likely N-dealkylation sites (tertiary alicyclic amines) is 1. The molecule has 2 rings (SSSR count). The van der Waals surface area contributed by atoms with E-state index in [1.165, 1.54) is 19.3 Å². The molecule has 1 amide bonds. The molecular formula is C13H20N2OS2. The SMILES string of the molecule is Cc1nc(CSCCC(=O)N2CCCCC2)cs1. The molecule has 100 valence electrons. The lowest BCUT2D eigenvalue weighted by Crippen LogP contribution is -2.35. The van der Waals surface area contributed by atoms with Gasteiger partial charge in [-0.15, -0.1) is 11.3 Å². The van der Waals surface area contributed by atoms with Crippen molar-refractivity contribution in [1.29, 1.82) is 0 Å². The molecule has 0 aromatic carbocycles. The number of aromatic nitrogens is 1. The molecule has 18 heavy (non-hydrogen) atoms. The number of nitrogens with zero attached hydrogens (tertiary/aromatic N) is 2. The first-order chi connectivity index (χ1) is 8.75. The van der Waals surface area contributed by atoms with Crippen molar-refractivity contribution in [2.24, 2.45) is 0 Å². The van der Waals surface area contributed by atoms with Crippen molar-refractivity contribution < 1.29 is 4.79 Å². The van der Waals surface area contributed by atoms with Crippen LogP contribution >= 0.6 is 23.1 Å². The van der Waals surface area contributed by atoms with Gasteiger partial charge < -0.3 is 4.90 Å². The first-order valence-corrected chi connectivity index (χ1v) is 8.55. The van der Waals surface area contributed by atoms with Gasteiger partial charge in [-0.25, -0.2) is 4.98 Å². The van der Waals surface area contributed by atoms with Gasteiger partial charge in [-0.05, 0) is 26.2 Å². The number of rotatable bonds is 5. The maximum Gasteiger partial charge on any atom is 0.223 e. The highest BCUT2D eigenvalue weighted by Crippen LogP contribution is 2.17. The van der Waals surface area contributed by atoms with E-state index in [0.29, 0.717) is 12.3 Å². The van der Waals surface area contributed by atoms with Gasteiger partial charge in [0.05, 0.1) is 10.7 Å². The molecule has 2 heterocycles. The van der Waals surface area contributed by atoms with Crippen LogP contribution in [0.1, 0.15) is 36.4 Å². The summed E-state index contributed by atoms with van der Waals surface area (Å²) in [4.78, 5) is 18.4. The summed E-state index contributed by atoms with van der Waals surface area (Å²) in [6, 6.07) is 0. The maximum atomic E-state index is 11.9. The maximum absolute atomic E-state index is 11.9. The monoisotopic (exact) mass is 284 g/mol. The number of hydrogen-bond donors (Lipinski definition) is 0. The molecule has 0 unspecified atom stereocenters. The molecule has 0 spiro atoms. The fraction of sp³-hybridized carbons (Fsp3) is 0.692. The molecule has 1 aliphatic heterocycles. The summed E-state index contributed by atoms with van der Waals surface area (Å²) in [6.07, 6.45) is 4.31. The average Bonchev–Trinajstić information content (AvgIpc) is 2.81. The zero-order valence-electron chi connectivity index (χ0n) is 10.9. The highest BCUT2D eigenvalue weighted by atomic mass is 32.2. The van der Waals surface area contributed by atoms with Crippen molar-refractivity contribution in [2.45, 2.75) is 38.4 Å². The minimum absolute atomic E-state index is 0.330. The third-order valence-electron chi connectivity index (χ3n) is 3.09. The number of aryl methyl sites for hydroxylation is 1. The Bertz CT molecular complexity index is 386. The Kier molecular flexibility index (Phi) is 5.50. The van der Waals surface area contributed by atoms with E-state index in [2.05, 4.69) is 10.4 Å². The summed E-state index contributed by atoms with van der Waals surface area (Å²) in [5, 5.41) is 3.23. The molecule has 1 fully saturated rings. The van der Waals surface area contributed by atoms with Crippen LogP contribution in [0.4, 0.5) is 0 Å². The third-order valence-corrected chi connectivity index (χ3v) is 4.90. The van der Waals surface area contributed by atoms with Gasteiger partial charge in [-0.1, -0.05) is 0 Å². The van der Waals surface area contributed by atoms with Crippen LogP contribution in [0.25, 0.3) is 0 Å². The van der Waals surface area contributed by atoms with Crippen LogP contribution in [0.5, 0.6) is 0 Å². The van der Waals surface area contributed by atoms with E-state index in [0.717, 1.165) is 35.3 Å². The molecule has 1 aromatic heterocycles. The quantitative estimate of drug-likeness (QED) is 0.779. The normalized spacial score (nSPS) is 15.9. The van der Waals surface area contributed by atoms with Crippen molar-refractivity contribution in [2.75, 3.05) is 18.8 Å².